The zero-order valence-electron chi connectivity index (χ0n) is 10.5. The zero-order chi connectivity index (χ0) is 16.4. The third kappa shape index (κ3) is 5.14. The Morgan fingerprint density at radius 3 is 2.48 bits per heavy atom. The lowest BCUT2D eigenvalue weighted by molar-refractivity contribution is -0.385. The Morgan fingerprint density at radius 1 is 1.43 bits per heavy atom. The van der Waals surface area contributed by atoms with E-state index in [1.807, 2.05) is 0 Å². The summed E-state index contributed by atoms with van der Waals surface area (Å²) in [7, 11) is -4.40. The summed E-state index contributed by atoms with van der Waals surface area (Å²) in [6.07, 6.45) is -5.92. The number of benzene rings is 1. The van der Waals surface area contributed by atoms with Crippen LogP contribution in [0.15, 0.2) is 23.1 Å². The fourth-order valence-electron chi connectivity index (χ4n) is 1.53. The number of hydrogen-bond donors (Lipinski definition) is 1. The Hall–Kier alpha value is -1.39. The van der Waals surface area contributed by atoms with Gasteiger partial charge in [0.15, 0.2) is 0 Å². The molecule has 21 heavy (non-hydrogen) atoms. The molecule has 1 aromatic rings. The molecule has 1 rings (SSSR count). The number of nitrogens with zero attached hydrogens (tertiary/aromatic N) is 1. The van der Waals surface area contributed by atoms with Gasteiger partial charge in [-0.3, -0.25) is 10.1 Å². The number of sulfonamides is 1. The molecule has 0 aliphatic carbocycles. The average molecular weight is 347 g/mol. The van der Waals surface area contributed by atoms with E-state index in [0.29, 0.717) is 6.07 Å². The summed E-state index contributed by atoms with van der Waals surface area (Å²) >= 11 is 5.64. The van der Waals surface area contributed by atoms with Crippen molar-refractivity contribution >= 4 is 27.3 Å². The quantitative estimate of drug-likeness (QED) is 0.655. The lowest BCUT2D eigenvalue weighted by Crippen LogP contribution is -2.36. The van der Waals surface area contributed by atoms with Gasteiger partial charge in [-0.25, -0.2) is 13.1 Å². The van der Waals surface area contributed by atoms with E-state index in [1.165, 1.54) is 0 Å². The molecule has 0 radical (unpaired) electrons. The van der Waals surface area contributed by atoms with Gasteiger partial charge in [-0.05, 0) is 13.0 Å². The van der Waals surface area contributed by atoms with Gasteiger partial charge in [0.05, 0.1) is 16.4 Å². The molecule has 1 atom stereocenters. The van der Waals surface area contributed by atoms with Gasteiger partial charge < -0.3 is 0 Å². The summed E-state index contributed by atoms with van der Waals surface area (Å²) in [5.74, 6) is 0. The molecule has 118 valence electrons. The third-order valence-electron chi connectivity index (χ3n) is 2.31. The van der Waals surface area contributed by atoms with Crippen molar-refractivity contribution in [1.82, 2.24) is 4.72 Å². The Bertz CT molecular complexity index is 648. The summed E-state index contributed by atoms with van der Waals surface area (Å²) in [4.78, 5) is 9.11. The van der Waals surface area contributed by atoms with Crippen LogP contribution in [0, 0.1) is 10.1 Å². The lowest BCUT2D eigenvalue weighted by Gasteiger charge is -2.16. The monoisotopic (exact) mass is 346 g/mol. The van der Waals surface area contributed by atoms with Crippen LogP contribution in [-0.4, -0.2) is 25.6 Å². The number of non-ortho nitro benzene ring substituents is 1. The maximum atomic E-state index is 12.2. The standard InChI is InChI=1S/C10H10ClF3N2O4S/c1-6(5-10(12,13)14)15-21(19,20)9-4-7(16(17)18)2-3-8(9)11/h2-4,6,15H,5H2,1H3. The highest BCUT2D eigenvalue weighted by Gasteiger charge is 2.32. The van der Waals surface area contributed by atoms with Crippen LogP contribution in [0.4, 0.5) is 18.9 Å². The number of halogens is 4. The molecule has 0 aromatic heterocycles. The Balaban J connectivity index is 3.08. The van der Waals surface area contributed by atoms with Gasteiger partial charge >= 0.3 is 6.18 Å². The van der Waals surface area contributed by atoms with Crippen LogP contribution in [0.25, 0.3) is 0 Å². The van der Waals surface area contributed by atoms with E-state index in [2.05, 4.69) is 0 Å². The number of nitro benzene ring substituents is 1. The highest BCUT2D eigenvalue weighted by Crippen LogP contribution is 2.27. The molecule has 1 aromatic carbocycles. The molecule has 0 spiro atoms. The molecular weight excluding hydrogens is 337 g/mol. The normalized spacial score (nSPS) is 14.0. The summed E-state index contributed by atoms with van der Waals surface area (Å²) in [6, 6.07) is 1.22. The van der Waals surface area contributed by atoms with Crippen LogP contribution in [-0.2, 0) is 10.0 Å². The molecule has 0 fully saturated rings. The Labute approximate surface area is 123 Å². The van der Waals surface area contributed by atoms with Gasteiger partial charge in [0.2, 0.25) is 10.0 Å². The van der Waals surface area contributed by atoms with Crippen molar-refractivity contribution in [3.05, 3.63) is 33.3 Å². The van der Waals surface area contributed by atoms with Crippen molar-refractivity contribution in [2.75, 3.05) is 0 Å². The minimum atomic E-state index is -4.55. The fraction of sp³-hybridized carbons (Fsp3) is 0.400. The summed E-state index contributed by atoms with van der Waals surface area (Å²) < 4.78 is 62.2. The van der Waals surface area contributed by atoms with E-state index in [-0.39, 0.29) is 5.02 Å². The first-order chi connectivity index (χ1) is 9.42. The molecule has 11 heteroatoms. The molecule has 0 saturated heterocycles. The van der Waals surface area contributed by atoms with E-state index in [0.717, 1.165) is 19.1 Å². The SMILES string of the molecule is CC(CC(F)(F)F)NS(=O)(=O)c1cc([N+](=O)[O-])ccc1Cl. The van der Waals surface area contributed by atoms with Crippen molar-refractivity contribution in [2.24, 2.45) is 0 Å². The number of rotatable bonds is 5. The molecule has 1 unspecified atom stereocenters. The van der Waals surface area contributed by atoms with E-state index in [9.17, 15) is 31.7 Å². The number of nitrogens with one attached hydrogen (secondary N) is 1. The van der Waals surface area contributed by atoms with Gasteiger partial charge in [0, 0.05) is 18.2 Å². The molecule has 0 saturated carbocycles. The van der Waals surface area contributed by atoms with Gasteiger partial charge in [0.1, 0.15) is 4.90 Å². The molecule has 0 bridgehead atoms. The lowest BCUT2D eigenvalue weighted by atomic mass is 10.2. The van der Waals surface area contributed by atoms with Crippen molar-refractivity contribution in [3.63, 3.8) is 0 Å². The predicted octanol–water partition coefficient (Wildman–Crippen LogP) is 2.87. The van der Waals surface area contributed by atoms with Crippen molar-refractivity contribution in [1.29, 1.82) is 0 Å². The minimum absolute atomic E-state index is 0.327. The third-order valence-corrected chi connectivity index (χ3v) is 4.38. The number of hydrogen-bond acceptors (Lipinski definition) is 4. The second kappa shape index (κ2) is 6.16. The Morgan fingerprint density at radius 2 is 2.00 bits per heavy atom. The molecule has 0 amide bonds. The van der Waals surface area contributed by atoms with Crippen molar-refractivity contribution < 1.29 is 26.5 Å². The smallest absolute Gasteiger partial charge is 0.258 e. The first-order valence-corrected chi connectivity index (χ1v) is 7.31. The van der Waals surface area contributed by atoms with Gasteiger partial charge in [-0.1, -0.05) is 11.6 Å². The van der Waals surface area contributed by atoms with E-state index < -0.39 is 44.2 Å². The van der Waals surface area contributed by atoms with Crippen LogP contribution < -0.4 is 4.72 Å². The molecule has 0 aliphatic rings. The highest BCUT2D eigenvalue weighted by molar-refractivity contribution is 7.89. The predicted molar refractivity (Wildman–Crippen MR) is 68.6 cm³/mol. The topological polar surface area (TPSA) is 89.3 Å². The van der Waals surface area contributed by atoms with Crippen LogP contribution in [0.3, 0.4) is 0 Å². The Kier molecular flexibility index (Phi) is 5.18. The molecule has 0 aliphatic heterocycles. The maximum Gasteiger partial charge on any atom is 0.390 e. The first kappa shape index (κ1) is 17.7. The summed E-state index contributed by atoms with van der Waals surface area (Å²) in [5.41, 5.74) is -0.539. The molecular formula is C10H10ClF3N2O4S. The largest absolute Gasteiger partial charge is 0.390 e. The number of alkyl halides is 3. The van der Waals surface area contributed by atoms with Gasteiger partial charge in [-0.2, -0.15) is 13.2 Å². The molecule has 6 nitrogen and oxygen atoms in total. The van der Waals surface area contributed by atoms with E-state index >= 15 is 0 Å². The first-order valence-electron chi connectivity index (χ1n) is 5.45. The van der Waals surface area contributed by atoms with Crippen LogP contribution >= 0.6 is 11.6 Å². The zero-order valence-corrected chi connectivity index (χ0v) is 12.1. The van der Waals surface area contributed by atoms with Gasteiger partial charge in [0.25, 0.3) is 5.69 Å². The van der Waals surface area contributed by atoms with Crippen LogP contribution in [0.2, 0.25) is 5.02 Å². The number of nitro groups is 1. The molecule has 1 N–H and O–H groups in total. The second-order valence-electron chi connectivity index (χ2n) is 4.21. The van der Waals surface area contributed by atoms with E-state index in [4.69, 9.17) is 11.6 Å². The maximum absolute atomic E-state index is 12.2. The summed E-state index contributed by atoms with van der Waals surface area (Å²) in [5, 5.41) is 10.3. The van der Waals surface area contributed by atoms with Crippen molar-refractivity contribution in [3.8, 4) is 0 Å². The fourth-order valence-corrected chi connectivity index (χ4v) is 3.29. The average Bonchev–Trinajstić information content (AvgIpc) is 2.24. The minimum Gasteiger partial charge on any atom is -0.258 e. The molecule has 0 heterocycles. The van der Waals surface area contributed by atoms with Crippen molar-refractivity contribution in [2.45, 2.75) is 30.5 Å². The van der Waals surface area contributed by atoms with E-state index in [1.54, 1.807) is 4.72 Å². The highest BCUT2D eigenvalue weighted by atomic mass is 35.5. The van der Waals surface area contributed by atoms with Crippen LogP contribution in [0.1, 0.15) is 13.3 Å². The second-order valence-corrected chi connectivity index (χ2v) is 6.30. The van der Waals surface area contributed by atoms with Crippen LogP contribution in [0.5, 0.6) is 0 Å². The summed E-state index contributed by atoms with van der Waals surface area (Å²) in [6.45, 7) is 1.02. The van der Waals surface area contributed by atoms with Gasteiger partial charge in [-0.15, -0.1) is 0 Å².